The maximum atomic E-state index is 6.01. The topological polar surface area (TPSA) is 53.6 Å². The molecule has 0 atom stereocenters. The molecule has 118 valence electrons. The van der Waals surface area contributed by atoms with Crippen molar-refractivity contribution in [1.29, 1.82) is 0 Å². The summed E-state index contributed by atoms with van der Waals surface area (Å²) in [5, 5.41) is 5.13. The maximum Gasteiger partial charge on any atom is 0.223 e. The maximum absolute atomic E-state index is 6.01. The Morgan fingerprint density at radius 1 is 1.00 bits per heavy atom. The first kappa shape index (κ1) is 14.7. The van der Waals surface area contributed by atoms with Gasteiger partial charge >= 0.3 is 0 Å². The van der Waals surface area contributed by atoms with Gasteiger partial charge in [0, 0.05) is 28.7 Å². The van der Waals surface area contributed by atoms with Gasteiger partial charge in [0.05, 0.1) is 11.4 Å². The van der Waals surface area contributed by atoms with Gasteiger partial charge in [0.25, 0.3) is 0 Å². The summed E-state index contributed by atoms with van der Waals surface area (Å²) >= 11 is 6.01. The van der Waals surface area contributed by atoms with Crippen LogP contribution in [-0.4, -0.2) is 15.0 Å². The van der Waals surface area contributed by atoms with Crippen molar-refractivity contribution in [3.63, 3.8) is 0 Å². The Kier molecular flexibility index (Phi) is 3.89. The Balaban J connectivity index is 1.57. The normalized spacial score (nSPS) is 10.9. The number of para-hydroxylation sites is 1. The zero-order valence-electron chi connectivity index (χ0n) is 12.8. The summed E-state index contributed by atoms with van der Waals surface area (Å²) in [5.41, 5.74) is 4.01. The second-order valence-electron chi connectivity index (χ2n) is 5.52. The Hall–Kier alpha value is -2.85. The van der Waals surface area contributed by atoms with E-state index in [1.165, 1.54) is 5.39 Å². The van der Waals surface area contributed by atoms with E-state index in [1.807, 2.05) is 42.5 Å². The number of nitrogens with zero attached hydrogens (tertiary/aromatic N) is 2. The summed E-state index contributed by atoms with van der Waals surface area (Å²) in [6, 6.07) is 19.9. The van der Waals surface area contributed by atoms with Crippen LogP contribution in [0.5, 0.6) is 0 Å². The number of aromatic amines is 1. The van der Waals surface area contributed by atoms with E-state index in [2.05, 4.69) is 38.5 Å². The number of fused-ring (bicyclic) bond motifs is 1. The molecular weight excluding hydrogens is 320 g/mol. The van der Waals surface area contributed by atoms with E-state index in [4.69, 9.17) is 11.6 Å². The minimum Gasteiger partial charge on any atom is -0.353 e. The molecule has 0 bridgehead atoms. The third-order valence-electron chi connectivity index (χ3n) is 3.80. The van der Waals surface area contributed by atoms with Crippen LogP contribution < -0.4 is 5.32 Å². The molecule has 4 aromatic rings. The molecule has 4 nitrogen and oxygen atoms in total. The summed E-state index contributed by atoms with van der Waals surface area (Å²) in [6.45, 7) is 0.622. The van der Waals surface area contributed by atoms with Gasteiger partial charge in [-0.25, -0.2) is 9.97 Å². The molecule has 0 aliphatic rings. The smallest absolute Gasteiger partial charge is 0.223 e. The molecule has 0 spiro atoms. The second kappa shape index (κ2) is 6.34. The standard InChI is InChI=1S/C19H15ClN4/c20-15-6-3-4-13(10-15)12-22-19-21-9-8-17(24-19)18-11-14-5-1-2-7-16(14)23-18/h1-11,23H,12H2,(H,21,22,24). The molecule has 2 N–H and O–H groups in total. The first-order valence-corrected chi connectivity index (χ1v) is 8.05. The highest BCUT2D eigenvalue weighted by atomic mass is 35.5. The number of hydrogen-bond donors (Lipinski definition) is 2. The molecule has 4 rings (SSSR count). The number of benzene rings is 2. The molecule has 0 amide bonds. The van der Waals surface area contributed by atoms with Gasteiger partial charge in [0.2, 0.25) is 5.95 Å². The third kappa shape index (κ3) is 3.09. The van der Waals surface area contributed by atoms with E-state index >= 15 is 0 Å². The molecule has 0 aliphatic heterocycles. The van der Waals surface area contributed by atoms with Crippen molar-refractivity contribution in [3.8, 4) is 11.4 Å². The number of nitrogens with one attached hydrogen (secondary N) is 2. The van der Waals surface area contributed by atoms with Crippen molar-refractivity contribution in [2.24, 2.45) is 0 Å². The van der Waals surface area contributed by atoms with Gasteiger partial charge in [-0.1, -0.05) is 41.9 Å². The summed E-state index contributed by atoms with van der Waals surface area (Å²) in [7, 11) is 0. The van der Waals surface area contributed by atoms with Crippen LogP contribution >= 0.6 is 11.6 Å². The van der Waals surface area contributed by atoms with Crippen LogP contribution in [-0.2, 0) is 6.54 Å². The molecule has 0 saturated carbocycles. The Bertz CT molecular complexity index is 960. The molecule has 2 aromatic heterocycles. The molecule has 5 heteroatoms. The van der Waals surface area contributed by atoms with Gasteiger partial charge in [-0.2, -0.15) is 0 Å². The number of halogens is 1. The average Bonchev–Trinajstić information content (AvgIpc) is 3.05. The molecule has 0 radical (unpaired) electrons. The van der Waals surface area contributed by atoms with Gasteiger partial charge in [-0.05, 0) is 35.9 Å². The van der Waals surface area contributed by atoms with Gasteiger partial charge in [0.1, 0.15) is 0 Å². The van der Waals surface area contributed by atoms with E-state index in [-0.39, 0.29) is 0 Å². The fourth-order valence-corrected chi connectivity index (χ4v) is 2.85. The number of aromatic nitrogens is 3. The number of hydrogen-bond acceptors (Lipinski definition) is 3. The lowest BCUT2D eigenvalue weighted by atomic mass is 10.2. The fraction of sp³-hybridized carbons (Fsp3) is 0.0526. The highest BCUT2D eigenvalue weighted by Gasteiger charge is 2.06. The Morgan fingerprint density at radius 3 is 2.79 bits per heavy atom. The summed E-state index contributed by atoms with van der Waals surface area (Å²) < 4.78 is 0. The average molecular weight is 335 g/mol. The third-order valence-corrected chi connectivity index (χ3v) is 4.04. The highest BCUT2D eigenvalue weighted by molar-refractivity contribution is 6.30. The van der Waals surface area contributed by atoms with Crippen molar-refractivity contribution in [2.75, 3.05) is 5.32 Å². The summed E-state index contributed by atoms with van der Waals surface area (Å²) in [4.78, 5) is 12.3. The minimum atomic E-state index is 0.589. The summed E-state index contributed by atoms with van der Waals surface area (Å²) in [5.74, 6) is 0.589. The fourth-order valence-electron chi connectivity index (χ4n) is 2.63. The number of rotatable bonds is 4. The number of H-pyrrole nitrogens is 1. The van der Waals surface area contributed by atoms with Gasteiger partial charge in [-0.3, -0.25) is 0 Å². The Morgan fingerprint density at radius 2 is 1.92 bits per heavy atom. The molecule has 2 aromatic carbocycles. The second-order valence-corrected chi connectivity index (χ2v) is 5.96. The van der Waals surface area contributed by atoms with Crippen LogP contribution in [0.1, 0.15) is 5.56 Å². The molecule has 0 unspecified atom stereocenters. The largest absolute Gasteiger partial charge is 0.353 e. The highest BCUT2D eigenvalue weighted by Crippen LogP contribution is 2.23. The van der Waals surface area contributed by atoms with Crippen molar-refractivity contribution in [3.05, 3.63) is 77.4 Å². The lowest BCUT2D eigenvalue weighted by molar-refractivity contribution is 1.05. The SMILES string of the molecule is Clc1cccc(CNc2nccc(-c3cc4ccccc4[nH]3)n2)c1. The molecule has 0 saturated heterocycles. The Labute approximate surface area is 144 Å². The molecule has 2 heterocycles. The van der Waals surface area contributed by atoms with E-state index in [0.29, 0.717) is 12.5 Å². The van der Waals surface area contributed by atoms with Crippen LogP contribution in [0.3, 0.4) is 0 Å². The molecule has 24 heavy (non-hydrogen) atoms. The van der Waals surface area contributed by atoms with Crippen LogP contribution in [0, 0.1) is 0 Å². The van der Waals surface area contributed by atoms with E-state index in [9.17, 15) is 0 Å². The predicted octanol–water partition coefficient (Wildman–Crippen LogP) is 4.89. The van der Waals surface area contributed by atoms with E-state index in [1.54, 1.807) is 6.20 Å². The van der Waals surface area contributed by atoms with E-state index < -0.39 is 0 Å². The van der Waals surface area contributed by atoms with Crippen molar-refractivity contribution in [2.45, 2.75) is 6.54 Å². The monoisotopic (exact) mass is 334 g/mol. The lowest BCUT2D eigenvalue weighted by Crippen LogP contribution is -2.03. The lowest BCUT2D eigenvalue weighted by Gasteiger charge is -2.06. The van der Waals surface area contributed by atoms with Crippen LogP contribution in [0.4, 0.5) is 5.95 Å². The van der Waals surface area contributed by atoms with Crippen molar-refractivity contribution < 1.29 is 0 Å². The first-order valence-electron chi connectivity index (χ1n) is 7.67. The van der Waals surface area contributed by atoms with Crippen LogP contribution in [0.2, 0.25) is 5.02 Å². The number of anilines is 1. The van der Waals surface area contributed by atoms with Crippen LogP contribution in [0.15, 0.2) is 66.9 Å². The van der Waals surface area contributed by atoms with Gasteiger partial charge in [0.15, 0.2) is 0 Å². The zero-order chi connectivity index (χ0) is 16.4. The molecular formula is C19H15ClN4. The summed E-state index contributed by atoms with van der Waals surface area (Å²) in [6.07, 6.45) is 1.76. The van der Waals surface area contributed by atoms with Crippen molar-refractivity contribution >= 4 is 28.5 Å². The molecule has 0 aliphatic carbocycles. The quantitative estimate of drug-likeness (QED) is 0.558. The van der Waals surface area contributed by atoms with Crippen molar-refractivity contribution in [1.82, 2.24) is 15.0 Å². The predicted molar refractivity (Wildman–Crippen MR) is 98.1 cm³/mol. The minimum absolute atomic E-state index is 0.589. The van der Waals surface area contributed by atoms with E-state index in [0.717, 1.165) is 27.5 Å². The van der Waals surface area contributed by atoms with Gasteiger partial charge in [-0.15, -0.1) is 0 Å². The van der Waals surface area contributed by atoms with Crippen LogP contribution in [0.25, 0.3) is 22.3 Å². The molecule has 0 fully saturated rings. The first-order chi connectivity index (χ1) is 11.8. The zero-order valence-corrected chi connectivity index (χ0v) is 13.6. The van der Waals surface area contributed by atoms with Gasteiger partial charge < -0.3 is 10.3 Å².